The first kappa shape index (κ1) is 13.5. The van der Waals surface area contributed by atoms with Crippen molar-refractivity contribution in [2.24, 2.45) is 0 Å². The van der Waals surface area contributed by atoms with Crippen molar-refractivity contribution in [3.05, 3.63) is 0 Å². The fraction of sp³-hybridized carbons (Fsp3) is 0.917. The number of carboxylic acid groups (broad SMARTS) is 1. The lowest BCUT2D eigenvalue weighted by molar-refractivity contribution is -0.144. The molecule has 0 spiro atoms. The summed E-state index contributed by atoms with van der Waals surface area (Å²) >= 11 is 0. The van der Waals surface area contributed by atoms with E-state index in [1.807, 2.05) is 6.92 Å². The Hall–Kier alpha value is -0.610. The maximum Gasteiger partial charge on any atom is 0.320 e. The quantitative estimate of drug-likeness (QED) is 0.720. The smallest absolute Gasteiger partial charge is 0.320 e. The third-order valence-corrected chi connectivity index (χ3v) is 3.29. The number of nitrogens with zero attached hydrogens (tertiary/aromatic N) is 1. The van der Waals surface area contributed by atoms with Gasteiger partial charge >= 0.3 is 5.97 Å². The standard InChI is InChI=1S/C12H24N2O2/c1-3-8-14(11(4-2)12(15)16)10-6-5-7-13-9-10/h10-11,13H,3-9H2,1-2H3,(H,15,16). The van der Waals surface area contributed by atoms with Crippen LogP contribution in [0.25, 0.3) is 0 Å². The van der Waals surface area contributed by atoms with Gasteiger partial charge in [0, 0.05) is 12.6 Å². The van der Waals surface area contributed by atoms with Gasteiger partial charge in [0.15, 0.2) is 0 Å². The average Bonchev–Trinajstić information content (AvgIpc) is 2.29. The van der Waals surface area contributed by atoms with Crippen LogP contribution in [0.2, 0.25) is 0 Å². The zero-order valence-corrected chi connectivity index (χ0v) is 10.4. The molecular formula is C12H24N2O2. The topological polar surface area (TPSA) is 52.6 Å². The summed E-state index contributed by atoms with van der Waals surface area (Å²) < 4.78 is 0. The molecule has 0 aromatic rings. The van der Waals surface area contributed by atoms with Crippen molar-refractivity contribution in [3.8, 4) is 0 Å². The second-order valence-electron chi connectivity index (χ2n) is 4.50. The van der Waals surface area contributed by atoms with Gasteiger partial charge in [0.1, 0.15) is 6.04 Å². The molecule has 0 aromatic carbocycles. The number of rotatable bonds is 6. The number of carbonyl (C=O) groups is 1. The molecule has 1 rings (SSSR count). The summed E-state index contributed by atoms with van der Waals surface area (Å²) in [5.41, 5.74) is 0. The van der Waals surface area contributed by atoms with Crippen molar-refractivity contribution in [2.75, 3.05) is 19.6 Å². The monoisotopic (exact) mass is 228 g/mol. The summed E-state index contributed by atoms with van der Waals surface area (Å²) in [5.74, 6) is -0.679. The Labute approximate surface area is 98.0 Å². The van der Waals surface area contributed by atoms with E-state index >= 15 is 0 Å². The summed E-state index contributed by atoms with van der Waals surface area (Å²) in [5, 5.41) is 12.6. The molecule has 16 heavy (non-hydrogen) atoms. The van der Waals surface area contributed by atoms with Crippen molar-refractivity contribution in [1.82, 2.24) is 10.2 Å². The lowest BCUT2D eigenvalue weighted by Crippen LogP contribution is -2.53. The molecule has 0 bridgehead atoms. The summed E-state index contributed by atoms with van der Waals surface area (Å²) in [6, 6.07) is 0.0830. The first-order valence-electron chi connectivity index (χ1n) is 6.40. The number of hydrogen-bond acceptors (Lipinski definition) is 3. The van der Waals surface area contributed by atoms with Gasteiger partial charge in [-0.25, -0.2) is 0 Å². The molecule has 0 aromatic heterocycles. The van der Waals surface area contributed by atoms with Crippen LogP contribution >= 0.6 is 0 Å². The number of piperidine rings is 1. The molecule has 4 heteroatoms. The van der Waals surface area contributed by atoms with Crippen molar-refractivity contribution < 1.29 is 9.90 Å². The molecule has 1 aliphatic rings. The number of aliphatic carboxylic acids is 1. The van der Waals surface area contributed by atoms with Crippen molar-refractivity contribution in [2.45, 2.75) is 51.6 Å². The van der Waals surface area contributed by atoms with Crippen LogP contribution in [0.5, 0.6) is 0 Å². The Morgan fingerprint density at radius 2 is 2.31 bits per heavy atom. The van der Waals surface area contributed by atoms with Gasteiger partial charge < -0.3 is 10.4 Å². The third kappa shape index (κ3) is 3.46. The maximum absolute atomic E-state index is 11.2. The molecule has 0 amide bonds. The SMILES string of the molecule is CCCN(C1CCCNC1)C(CC)C(=O)O. The third-order valence-electron chi connectivity index (χ3n) is 3.29. The van der Waals surface area contributed by atoms with E-state index in [0.717, 1.165) is 38.9 Å². The number of nitrogens with one attached hydrogen (secondary N) is 1. The number of hydrogen-bond donors (Lipinski definition) is 2. The molecule has 1 heterocycles. The predicted octanol–water partition coefficient (Wildman–Crippen LogP) is 1.31. The van der Waals surface area contributed by atoms with Gasteiger partial charge in [0.25, 0.3) is 0 Å². The largest absolute Gasteiger partial charge is 0.480 e. The van der Waals surface area contributed by atoms with Crippen LogP contribution in [0.1, 0.15) is 39.5 Å². The zero-order valence-electron chi connectivity index (χ0n) is 10.4. The normalized spacial score (nSPS) is 23.3. The first-order chi connectivity index (χ1) is 7.70. The van der Waals surface area contributed by atoms with Gasteiger partial charge in [-0.15, -0.1) is 0 Å². The van der Waals surface area contributed by atoms with E-state index < -0.39 is 5.97 Å². The lowest BCUT2D eigenvalue weighted by Gasteiger charge is -2.38. The Kier molecular flexibility index (Phi) is 5.77. The summed E-state index contributed by atoms with van der Waals surface area (Å²) in [4.78, 5) is 13.4. The van der Waals surface area contributed by atoms with Gasteiger partial charge in [0.2, 0.25) is 0 Å². The molecule has 1 aliphatic heterocycles. The van der Waals surface area contributed by atoms with Gasteiger partial charge in [0.05, 0.1) is 0 Å². The van der Waals surface area contributed by atoms with E-state index in [1.54, 1.807) is 0 Å². The molecule has 0 aliphatic carbocycles. The molecule has 94 valence electrons. The highest BCUT2D eigenvalue weighted by Gasteiger charge is 2.30. The van der Waals surface area contributed by atoms with Crippen LogP contribution in [0.15, 0.2) is 0 Å². The molecule has 2 N–H and O–H groups in total. The molecular weight excluding hydrogens is 204 g/mol. The summed E-state index contributed by atoms with van der Waals surface area (Å²) in [7, 11) is 0. The van der Waals surface area contributed by atoms with Gasteiger partial charge in [-0.05, 0) is 38.8 Å². The average molecular weight is 228 g/mol. The minimum Gasteiger partial charge on any atom is -0.480 e. The Bertz CT molecular complexity index is 215. The van der Waals surface area contributed by atoms with Gasteiger partial charge in [-0.2, -0.15) is 0 Å². The Balaban J connectivity index is 2.66. The van der Waals surface area contributed by atoms with E-state index in [1.165, 1.54) is 0 Å². The summed E-state index contributed by atoms with van der Waals surface area (Å²) in [6.07, 6.45) is 3.98. The van der Waals surface area contributed by atoms with E-state index in [-0.39, 0.29) is 6.04 Å². The molecule has 1 saturated heterocycles. The molecule has 0 saturated carbocycles. The van der Waals surface area contributed by atoms with Crippen LogP contribution in [0.3, 0.4) is 0 Å². The van der Waals surface area contributed by atoms with Crippen LogP contribution in [0, 0.1) is 0 Å². The van der Waals surface area contributed by atoms with E-state index in [0.29, 0.717) is 12.5 Å². The highest BCUT2D eigenvalue weighted by atomic mass is 16.4. The summed E-state index contributed by atoms with van der Waals surface area (Å²) in [6.45, 7) is 6.96. The fourth-order valence-corrected chi connectivity index (χ4v) is 2.52. The number of carboxylic acids is 1. The lowest BCUT2D eigenvalue weighted by atomic mass is 10.0. The maximum atomic E-state index is 11.2. The minimum atomic E-state index is -0.679. The van der Waals surface area contributed by atoms with E-state index in [2.05, 4.69) is 17.1 Å². The van der Waals surface area contributed by atoms with E-state index in [4.69, 9.17) is 0 Å². The molecule has 2 unspecified atom stereocenters. The van der Waals surface area contributed by atoms with Crippen molar-refractivity contribution in [3.63, 3.8) is 0 Å². The van der Waals surface area contributed by atoms with Gasteiger partial charge in [-0.1, -0.05) is 13.8 Å². The predicted molar refractivity (Wildman–Crippen MR) is 64.6 cm³/mol. The van der Waals surface area contributed by atoms with Crippen LogP contribution in [-0.4, -0.2) is 47.7 Å². The highest BCUT2D eigenvalue weighted by molar-refractivity contribution is 5.73. The highest BCUT2D eigenvalue weighted by Crippen LogP contribution is 2.16. The molecule has 1 fully saturated rings. The van der Waals surface area contributed by atoms with E-state index in [9.17, 15) is 9.90 Å². The minimum absolute atomic E-state index is 0.315. The molecule has 0 radical (unpaired) electrons. The van der Waals surface area contributed by atoms with Crippen LogP contribution in [-0.2, 0) is 4.79 Å². The van der Waals surface area contributed by atoms with Gasteiger partial charge in [-0.3, -0.25) is 9.69 Å². The Morgan fingerprint density at radius 3 is 2.75 bits per heavy atom. The van der Waals surface area contributed by atoms with Crippen molar-refractivity contribution in [1.29, 1.82) is 0 Å². The first-order valence-corrected chi connectivity index (χ1v) is 6.40. The second kappa shape index (κ2) is 6.86. The van der Waals surface area contributed by atoms with Crippen LogP contribution in [0.4, 0.5) is 0 Å². The molecule has 2 atom stereocenters. The zero-order chi connectivity index (χ0) is 12.0. The Morgan fingerprint density at radius 1 is 1.56 bits per heavy atom. The van der Waals surface area contributed by atoms with Crippen molar-refractivity contribution >= 4 is 5.97 Å². The fourth-order valence-electron chi connectivity index (χ4n) is 2.52. The molecule has 4 nitrogen and oxygen atoms in total. The van der Waals surface area contributed by atoms with Crippen LogP contribution < -0.4 is 5.32 Å². The second-order valence-corrected chi connectivity index (χ2v) is 4.50.